The molecule has 4 aromatic rings. The number of hydrogen-bond donors (Lipinski definition) is 0. The molecule has 0 saturated heterocycles. The lowest BCUT2D eigenvalue weighted by molar-refractivity contribution is 0.306. The van der Waals surface area contributed by atoms with E-state index in [-0.39, 0.29) is 12.0 Å². The molecule has 0 fully saturated rings. The lowest BCUT2D eigenvalue weighted by atomic mass is 10.0. The van der Waals surface area contributed by atoms with E-state index >= 15 is 0 Å². The summed E-state index contributed by atoms with van der Waals surface area (Å²) in [6.45, 7) is 1.95. The highest BCUT2D eigenvalue weighted by Gasteiger charge is 2.14. The van der Waals surface area contributed by atoms with Crippen molar-refractivity contribution in [2.24, 2.45) is 0 Å². The van der Waals surface area contributed by atoms with Crippen molar-refractivity contribution in [3.63, 3.8) is 0 Å². The molecule has 0 unspecified atom stereocenters. The molecular weight excluding hydrogens is 379 g/mol. The van der Waals surface area contributed by atoms with Gasteiger partial charge in [0.25, 0.3) is 0 Å². The Morgan fingerprint density at radius 1 is 1.04 bits per heavy atom. The number of benzene rings is 3. The van der Waals surface area contributed by atoms with Crippen molar-refractivity contribution in [2.75, 3.05) is 0 Å². The number of hydrogen-bond acceptors (Lipinski definition) is 3. The Morgan fingerprint density at radius 2 is 1.82 bits per heavy atom. The maximum absolute atomic E-state index is 13.1. The van der Waals surface area contributed by atoms with Gasteiger partial charge in [-0.15, -0.1) is 0 Å². The fourth-order valence-electron chi connectivity index (χ4n) is 3.11. The molecule has 4 rings (SSSR count). The Morgan fingerprint density at radius 3 is 2.57 bits per heavy atom. The van der Waals surface area contributed by atoms with Crippen LogP contribution in [0.15, 0.2) is 75.9 Å². The van der Waals surface area contributed by atoms with Gasteiger partial charge in [0.2, 0.25) is 5.43 Å². The number of halogens is 2. The van der Waals surface area contributed by atoms with Crippen molar-refractivity contribution < 1.29 is 13.5 Å². The lowest BCUT2D eigenvalue weighted by Crippen LogP contribution is -2.07. The summed E-state index contributed by atoms with van der Waals surface area (Å²) in [4.78, 5) is 13.0. The molecular formula is C23H16ClFO3. The fraction of sp³-hybridized carbons (Fsp3) is 0.0870. The third-order valence-electron chi connectivity index (χ3n) is 4.51. The van der Waals surface area contributed by atoms with Crippen LogP contribution in [0.5, 0.6) is 5.75 Å². The molecule has 0 aliphatic heterocycles. The Hall–Kier alpha value is -3.11. The van der Waals surface area contributed by atoms with Crippen LogP contribution in [0.25, 0.3) is 22.1 Å². The van der Waals surface area contributed by atoms with Gasteiger partial charge >= 0.3 is 0 Å². The predicted molar refractivity (Wildman–Crippen MR) is 108 cm³/mol. The molecule has 140 valence electrons. The summed E-state index contributed by atoms with van der Waals surface area (Å²) in [5, 5.41) is 0.785. The van der Waals surface area contributed by atoms with Crippen molar-refractivity contribution in [1.82, 2.24) is 0 Å². The van der Waals surface area contributed by atoms with E-state index in [0.29, 0.717) is 38.6 Å². The SMILES string of the molecule is Cc1oc2cc(OCc3ccc(F)cc3Cl)ccc2c(=O)c1-c1ccccc1. The molecule has 1 aromatic heterocycles. The smallest absolute Gasteiger partial charge is 0.200 e. The van der Waals surface area contributed by atoms with Crippen LogP contribution in [-0.4, -0.2) is 0 Å². The van der Waals surface area contributed by atoms with E-state index in [0.717, 1.165) is 5.56 Å². The molecule has 0 atom stereocenters. The molecule has 28 heavy (non-hydrogen) atoms. The van der Waals surface area contributed by atoms with Crippen molar-refractivity contribution in [3.8, 4) is 16.9 Å². The van der Waals surface area contributed by atoms with Crippen LogP contribution < -0.4 is 10.2 Å². The summed E-state index contributed by atoms with van der Waals surface area (Å²) >= 11 is 6.03. The van der Waals surface area contributed by atoms with Gasteiger partial charge in [-0.2, -0.15) is 0 Å². The summed E-state index contributed by atoms with van der Waals surface area (Å²) in [5.74, 6) is 0.677. The topological polar surface area (TPSA) is 39.4 Å². The maximum Gasteiger partial charge on any atom is 0.200 e. The number of aryl methyl sites for hydroxylation is 1. The second kappa shape index (κ2) is 7.49. The molecule has 1 heterocycles. The molecule has 3 nitrogen and oxygen atoms in total. The first-order chi connectivity index (χ1) is 13.5. The van der Waals surface area contributed by atoms with Gasteiger partial charge in [0.05, 0.1) is 16.0 Å². The molecule has 0 spiro atoms. The minimum absolute atomic E-state index is 0.0851. The van der Waals surface area contributed by atoms with Crippen molar-refractivity contribution >= 4 is 22.6 Å². The average Bonchev–Trinajstić information content (AvgIpc) is 2.68. The van der Waals surface area contributed by atoms with E-state index < -0.39 is 5.82 Å². The third kappa shape index (κ3) is 3.51. The van der Waals surface area contributed by atoms with Gasteiger partial charge in [-0.1, -0.05) is 48.0 Å². The molecule has 0 amide bonds. The van der Waals surface area contributed by atoms with E-state index in [4.69, 9.17) is 20.8 Å². The first-order valence-corrected chi connectivity index (χ1v) is 9.10. The highest BCUT2D eigenvalue weighted by Crippen LogP contribution is 2.27. The monoisotopic (exact) mass is 394 g/mol. The van der Waals surface area contributed by atoms with Crippen LogP contribution in [0.3, 0.4) is 0 Å². The first-order valence-electron chi connectivity index (χ1n) is 8.72. The van der Waals surface area contributed by atoms with E-state index in [9.17, 15) is 9.18 Å². The van der Waals surface area contributed by atoms with Gasteiger partial charge in [-0.3, -0.25) is 4.79 Å². The van der Waals surface area contributed by atoms with Gasteiger partial charge in [-0.05, 0) is 36.8 Å². The quantitative estimate of drug-likeness (QED) is 0.417. The Balaban J connectivity index is 1.67. The molecule has 0 aliphatic carbocycles. The van der Waals surface area contributed by atoms with E-state index in [1.807, 2.05) is 30.3 Å². The molecule has 0 radical (unpaired) electrons. The van der Waals surface area contributed by atoms with Gasteiger partial charge in [0.15, 0.2) is 0 Å². The maximum atomic E-state index is 13.1. The fourth-order valence-corrected chi connectivity index (χ4v) is 3.34. The summed E-state index contributed by atoms with van der Waals surface area (Å²) in [5.41, 5.74) is 2.41. The van der Waals surface area contributed by atoms with Crippen LogP contribution in [0.2, 0.25) is 5.02 Å². The molecule has 5 heteroatoms. The van der Waals surface area contributed by atoms with Crippen LogP contribution >= 0.6 is 11.6 Å². The van der Waals surface area contributed by atoms with Crippen LogP contribution in [0, 0.1) is 12.7 Å². The van der Waals surface area contributed by atoms with Gasteiger partial charge in [-0.25, -0.2) is 4.39 Å². The largest absolute Gasteiger partial charge is 0.489 e. The van der Waals surface area contributed by atoms with Crippen molar-refractivity contribution in [1.29, 1.82) is 0 Å². The Bertz CT molecular complexity index is 1220. The molecule has 0 aliphatic rings. The summed E-state index contributed by atoms with van der Waals surface area (Å²) in [6.07, 6.45) is 0. The van der Waals surface area contributed by atoms with Crippen molar-refractivity contribution in [2.45, 2.75) is 13.5 Å². The first kappa shape index (κ1) is 18.3. The molecule has 0 saturated carbocycles. The predicted octanol–water partition coefficient (Wildman–Crippen LogP) is 6.14. The zero-order valence-electron chi connectivity index (χ0n) is 15.0. The highest BCUT2D eigenvalue weighted by molar-refractivity contribution is 6.31. The zero-order valence-corrected chi connectivity index (χ0v) is 15.8. The van der Waals surface area contributed by atoms with E-state index in [1.54, 1.807) is 31.2 Å². The zero-order chi connectivity index (χ0) is 19.7. The van der Waals surface area contributed by atoms with Gasteiger partial charge < -0.3 is 9.15 Å². The highest BCUT2D eigenvalue weighted by atomic mass is 35.5. The standard InChI is InChI=1S/C23H16ClFO3/c1-14-22(15-5-3-2-4-6-15)23(26)19-10-9-18(12-21(19)28-14)27-13-16-7-8-17(25)11-20(16)24/h2-12H,13H2,1H3. The van der Waals surface area contributed by atoms with Gasteiger partial charge in [0.1, 0.15) is 29.5 Å². The minimum Gasteiger partial charge on any atom is -0.489 e. The number of fused-ring (bicyclic) bond motifs is 1. The summed E-state index contributed by atoms with van der Waals surface area (Å²) in [6, 6.07) is 18.7. The van der Waals surface area contributed by atoms with Crippen LogP contribution in [0.4, 0.5) is 4.39 Å². The van der Waals surface area contributed by atoms with E-state index in [2.05, 4.69) is 0 Å². The number of ether oxygens (including phenoxy) is 1. The summed E-state index contributed by atoms with van der Waals surface area (Å²) in [7, 11) is 0. The molecule has 0 bridgehead atoms. The van der Waals surface area contributed by atoms with Crippen molar-refractivity contribution in [3.05, 3.63) is 99.1 Å². The van der Waals surface area contributed by atoms with Crippen LogP contribution in [0.1, 0.15) is 11.3 Å². The Kier molecular flexibility index (Phi) is 4.88. The minimum atomic E-state index is -0.397. The van der Waals surface area contributed by atoms with E-state index in [1.165, 1.54) is 12.1 Å². The van der Waals surface area contributed by atoms with Crippen LogP contribution in [-0.2, 0) is 6.61 Å². The third-order valence-corrected chi connectivity index (χ3v) is 4.86. The molecule has 0 N–H and O–H groups in total. The Labute approximate surface area is 166 Å². The average molecular weight is 395 g/mol. The van der Waals surface area contributed by atoms with Gasteiger partial charge in [0, 0.05) is 11.6 Å². The summed E-state index contributed by atoms with van der Waals surface area (Å²) < 4.78 is 24.8. The second-order valence-electron chi connectivity index (χ2n) is 6.41. The second-order valence-corrected chi connectivity index (χ2v) is 6.82. The number of rotatable bonds is 4. The lowest BCUT2D eigenvalue weighted by Gasteiger charge is -2.10. The normalized spacial score (nSPS) is 11.0. The molecule has 3 aromatic carbocycles.